The number of aliphatic imine (C=N–C) groups is 1. The minimum atomic E-state index is 0. The number of nitrogens with zero attached hydrogens (tertiary/aromatic N) is 1. The van der Waals surface area contributed by atoms with Gasteiger partial charge >= 0.3 is 0 Å². The van der Waals surface area contributed by atoms with E-state index < -0.39 is 0 Å². The average Bonchev–Trinajstić information content (AvgIpc) is 3.04. The van der Waals surface area contributed by atoms with Crippen LogP contribution in [0.15, 0.2) is 46.8 Å². The van der Waals surface area contributed by atoms with Gasteiger partial charge in [-0.15, -0.1) is 35.3 Å². The van der Waals surface area contributed by atoms with E-state index in [-0.39, 0.29) is 24.0 Å². The summed E-state index contributed by atoms with van der Waals surface area (Å²) in [5, 5.41) is 8.67. The molecule has 0 fully saturated rings. The molecule has 1 aromatic carbocycles. The van der Waals surface area contributed by atoms with E-state index in [1.54, 1.807) is 18.4 Å². The van der Waals surface area contributed by atoms with Crippen molar-refractivity contribution in [3.63, 3.8) is 0 Å². The van der Waals surface area contributed by atoms with E-state index in [9.17, 15) is 0 Å². The highest BCUT2D eigenvalue weighted by Crippen LogP contribution is 2.15. The van der Waals surface area contributed by atoms with Gasteiger partial charge in [0, 0.05) is 18.5 Å². The fraction of sp³-hybridized carbons (Fsp3) is 0.353. The molecule has 0 amide bonds. The monoisotopic (exact) mass is 445 g/mol. The lowest BCUT2D eigenvalue weighted by atomic mass is 10.2. The van der Waals surface area contributed by atoms with Crippen LogP contribution in [-0.4, -0.2) is 32.7 Å². The van der Waals surface area contributed by atoms with Crippen molar-refractivity contribution in [1.82, 2.24) is 10.6 Å². The van der Waals surface area contributed by atoms with Gasteiger partial charge in [0.2, 0.25) is 0 Å². The largest absolute Gasteiger partial charge is 0.491 e. The topological polar surface area (TPSA) is 45.7 Å². The molecule has 0 radical (unpaired) electrons. The molecule has 0 aliphatic rings. The van der Waals surface area contributed by atoms with Crippen molar-refractivity contribution < 1.29 is 4.74 Å². The molecule has 1 aromatic heterocycles. The molecule has 0 saturated carbocycles. The molecule has 1 heterocycles. The first-order chi connectivity index (χ1) is 10.8. The molecule has 0 aliphatic heterocycles. The number of benzene rings is 1. The van der Waals surface area contributed by atoms with E-state index in [4.69, 9.17) is 4.74 Å². The predicted octanol–water partition coefficient (Wildman–Crippen LogP) is 3.46. The second kappa shape index (κ2) is 11.3. The molecule has 4 nitrogen and oxygen atoms in total. The Morgan fingerprint density at radius 3 is 2.61 bits per heavy atom. The minimum Gasteiger partial charge on any atom is -0.491 e. The van der Waals surface area contributed by atoms with Gasteiger partial charge in [-0.25, -0.2) is 0 Å². The molecule has 0 aliphatic carbocycles. The maximum absolute atomic E-state index is 5.75. The first-order valence-electron chi connectivity index (χ1n) is 7.45. The Labute approximate surface area is 159 Å². The van der Waals surface area contributed by atoms with Crippen molar-refractivity contribution in [3.8, 4) is 5.75 Å². The summed E-state index contributed by atoms with van der Waals surface area (Å²) in [6.07, 6.45) is 1.01. The van der Waals surface area contributed by atoms with Gasteiger partial charge in [0.25, 0.3) is 0 Å². The molecular weight excluding hydrogens is 421 g/mol. The number of guanidine groups is 1. The summed E-state index contributed by atoms with van der Waals surface area (Å²) in [6, 6.07) is 12.3. The zero-order chi connectivity index (χ0) is 15.6. The Morgan fingerprint density at radius 2 is 1.91 bits per heavy atom. The van der Waals surface area contributed by atoms with E-state index >= 15 is 0 Å². The van der Waals surface area contributed by atoms with Gasteiger partial charge in [0.1, 0.15) is 12.4 Å². The molecule has 0 saturated heterocycles. The average molecular weight is 445 g/mol. The quantitative estimate of drug-likeness (QED) is 0.297. The van der Waals surface area contributed by atoms with Crippen LogP contribution in [0.3, 0.4) is 0 Å². The van der Waals surface area contributed by atoms with Crippen LogP contribution in [0.4, 0.5) is 0 Å². The Morgan fingerprint density at radius 1 is 1.13 bits per heavy atom. The fourth-order valence-corrected chi connectivity index (χ4v) is 2.74. The van der Waals surface area contributed by atoms with Gasteiger partial charge in [0.05, 0.1) is 6.54 Å². The summed E-state index contributed by atoms with van der Waals surface area (Å²) in [6.45, 7) is 4.25. The number of hydrogen-bond donors (Lipinski definition) is 2. The summed E-state index contributed by atoms with van der Waals surface area (Å²) in [4.78, 5) is 5.59. The lowest BCUT2D eigenvalue weighted by Crippen LogP contribution is -2.40. The highest BCUT2D eigenvalue weighted by molar-refractivity contribution is 14.0. The van der Waals surface area contributed by atoms with Crippen molar-refractivity contribution in [2.75, 3.05) is 26.7 Å². The molecule has 126 valence electrons. The van der Waals surface area contributed by atoms with Crippen LogP contribution < -0.4 is 15.4 Å². The Bertz CT molecular complexity index is 587. The van der Waals surface area contributed by atoms with E-state index in [1.807, 2.05) is 31.2 Å². The van der Waals surface area contributed by atoms with Gasteiger partial charge in [-0.05, 0) is 36.4 Å². The van der Waals surface area contributed by atoms with Crippen molar-refractivity contribution in [3.05, 3.63) is 52.2 Å². The maximum atomic E-state index is 5.75. The molecule has 23 heavy (non-hydrogen) atoms. The first-order valence-corrected chi connectivity index (χ1v) is 8.33. The van der Waals surface area contributed by atoms with Crippen molar-refractivity contribution >= 4 is 41.3 Å². The van der Waals surface area contributed by atoms with Crippen molar-refractivity contribution in [2.45, 2.75) is 13.3 Å². The number of ether oxygens (including phenoxy) is 1. The van der Waals surface area contributed by atoms with Gasteiger partial charge in [-0.3, -0.25) is 4.99 Å². The molecule has 0 spiro atoms. The molecule has 2 aromatic rings. The first kappa shape index (κ1) is 19.8. The summed E-state index contributed by atoms with van der Waals surface area (Å²) < 4.78 is 5.75. The van der Waals surface area contributed by atoms with Crippen molar-refractivity contribution in [1.29, 1.82) is 0 Å². The fourth-order valence-electron chi connectivity index (χ4n) is 2.03. The number of rotatable bonds is 7. The second-order valence-electron chi connectivity index (χ2n) is 4.87. The third kappa shape index (κ3) is 7.22. The van der Waals surface area contributed by atoms with Gasteiger partial charge in [-0.1, -0.05) is 24.3 Å². The summed E-state index contributed by atoms with van der Waals surface area (Å²) in [7, 11) is 1.78. The summed E-state index contributed by atoms with van der Waals surface area (Å²) >= 11 is 1.78. The molecule has 6 heteroatoms. The van der Waals surface area contributed by atoms with Crippen LogP contribution in [0.25, 0.3) is 0 Å². The van der Waals surface area contributed by atoms with Gasteiger partial charge < -0.3 is 15.4 Å². The number of thiophene rings is 1. The standard InChI is InChI=1S/C17H23N3OS.HI/c1-14-6-3-4-8-16(14)21-12-11-20-17(18-2)19-10-9-15-7-5-13-22-15;/h3-8,13H,9-12H2,1-2H3,(H2,18,19,20);1H. The van der Waals surface area contributed by atoms with E-state index in [0.717, 1.165) is 30.2 Å². The molecule has 0 bridgehead atoms. The van der Waals surface area contributed by atoms with E-state index in [1.165, 1.54) is 4.88 Å². The summed E-state index contributed by atoms with van der Waals surface area (Å²) in [5.41, 5.74) is 1.15. The Hall–Kier alpha value is -1.28. The van der Waals surface area contributed by atoms with Crippen molar-refractivity contribution in [2.24, 2.45) is 4.99 Å². The lowest BCUT2D eigenvalue weighted by Gasteiger charge is -2.13. The Balaban J connectivity index is 0.00000264. The van der Waals surface area contributed by atoms with E-state index in [2.05, 4.69) is 33.1 Å². The van der Waals surface area contributed by atoms with E-state index in [0.29, 0.717) is 13.2 Å². The predicted molar refractivity (Wildman–Crippen MR) is 109 cm³/mol. The van der Waals surface area contributed by atoms with Crippen LogP contribution in [0.2, 0.25) is 0 Å². The van der Waals surface area contributed by atoms with Gasteiger partial charge in [0.15, 0.2) is 5.96 Å². The summed E-state index contributed by atoms with van der Waals surface area (Å²) in [5.74, 6) is 1.75. The molecule has 2 rings (SSSR count). The normalized spacial score (nSPS) is 10.8. The van der Waals surface area contributed by atoms with Crippen LogP contribution in [-0.2, 0) is 6.42 Å². The third-order valence-corrected chi connectivity index (χ3v) is 4.15. The zero-order valence-corrected chi connectivity index (χ0v) is 16.7. The lowest BCUT2D eigenvalue weighted by molar-refractivity contribution is 0.320. The maximum Gasteiger partial charge on any atom is 0.191 e. The van der Waals surface area contributed by atoms with Crippen LogP contribution in [0.1, 0.15) is 10.4 Å². The van der Waals surface area contributed by atoms with Crippen LogP contribution in [0, 0.1) is 6.92 Å². The Kier molecular flexibility index (Phi) is 9.70. The highest BCUT2D eigenvalue weighted by Gasteiger charge is 2.00. The number of nitrogens with one attached hydrogen (secondary N) is 2. The molecular formula is C17H24IN3OS. The van der Waals surface area contributed by atoms with Gasteiger partial charge in [-0.2, -0.15) is 0 Å². The number of aryl methyl sites for hydroxylation is 1. The SMILES string of the molecule is CN=C(NCCOc1ccccc1C)NCCc1cccs1.I. The second-order valence-corrected chi connectivity index (χ2v) is 5.90. The molecule has 0 atom stereocenters. The molecule has 0 unspecified atom stereocenters. The highest BCUT2D eigenvalue weighted by atomic mass is 127. The number of hydrogen-bond acceptors (Lipinski definition) is 3. The zero-order valence-electron chi connectivity index (χ0n) is 13.5. The van der Waals surface area contributed by atoms with Crippen LogP contribution >= 0.6 is 35.3 Å². The number of para-hydroxylation sites is 1. The minimum absolute atomic E-state index is 0. The third-order valence-electron chi connectivity index (χ3n) is 3.21. The smallest absolute Gasteiger partial charge is 0.191 e. The molecule has 2 N–H and O–H groups in total. The van der Waals surface area contributed by atoms with Crippen LogP contribution in [0.5, 0.6) is 5.75 Å². The number of halogens is 1.